The number of urea groups is 1. The monoisotopic (exact) mass is 296 g/mol. The third-order valence-corrected chi connectivity index (χ3v) is 2.53. The Balaban J connectivity index is 2.94. The molecule has 1 aromatic carbocycles. The molecule has 0 fully saturated rings. The van der Waals surface area contributed by atoms with Crippen LogP contribution in [0, 0.1) is 0 Å². The number of nitrogens with one attached hydrogen (secondary N) is 1. The molecule has 0 aliphatic heterocycles. The molecule has 3 amide bonds. The zero-order valence-corrected chi connectivity index (χ0v) is 11.8. The van der Waals surface area contributed by atoms with Crippen molar-refractivity contribution in [3.05, 3.63) is 23.8 Å². The Morgan fingerprint density at radius 1 is 1.14 bits per heavy atom. The lowest BCUT2D eigenvalue weighted by Crippen LogP contribution is -2.42. The van der Waals surface area contributed by atoms with E-state index in [1.807, 2.05) is 5.32 Å². The summed E-state index contributed by atoms with van der Waals surface area (Å²) in [6.45, 7) is 1.30. The molecule has 0 radical (unpaired) electrons. The Bertz CT molecular complexity index is 535. The number of carbonyl (C=O) groups is 3. The SMILES string of the molecule is COc1cccc(OC)c1C(=O)O[C@H](C)C(=O)NC(N)=O. The first kappa shape index (κ1) is 16.3. The molecule has 0 aliphatic rings. The number of benzene rings is 1. The summed E-state index contributed by atoms with van der Waals surface area (Å²) in [4.78, 5) is 34.2. The van der Waals surface area contributed by atoms with E-state index in [1.54, 1.807) is 18.2 Å². The maximum atomic E-state index is 12.1. The van der Waals surface area contributed by atoms with Crippen LogP contribution in [-0.4, -0.2) is 38.2 Å². The van der Waals surface area contributed by atoms with E-state index in [9.17, 15) is 14.4 Å². The highest BCUT2D eigenvalue weighted by Gasteiger charge is 2.25. The largest absolute Gasteiger partial charge is 0.496 e. The summed E-state index contributed by atoms with van der Waals surface area (Å²) in [5, 5.41) is 1.82. The predicted octanol–water partition coefficient (Wildman–Crippen LogP) is 0.444. The van der Waals surface area contributed by atoms with Crippen molar-refractivity contribution in [2.75, 3.05) is 14.2 Å². The van der Waals surface area contributed by atoms with Crippen molar-refractivity contribution in [1.82, 2.24) is 5.32 Å². The Kier molecular flexibility index (Phi) is 5.53. The summed E-state index contributed by atoms with van der Waals surface area (Å²) in [6, 6.07) is 3.70. The molecule has 0 saturated carbocycles. The molecule has 3 N–H and O–H groups in total. The molecule has 0 saturated heterocycles. The zero-order chi connectivity index (χ0) is 16.0. The van der Waals surface area contributed by atoms with Gasteiger partial charge in [-0.25, -0.2) is 9.59 Å². The normalized spacial score (nSPS) is 11.2. The summed E-state index contributed by atoms with van der Waals surface area (Å²) in [5.41, 5.74) is 4.86. The first-order chi connectivity index (χ1) is 9.90. The van der Waals surface area contributed by atoms with Crippen LogP contribution in [0.2, 0.25) is 0 Å². The minimum Gasteiger partial charge on any atom is -0.496 e. The molecule has 0 aliphatic carbocycles. The van der Waals surface area contributed by atoms with Gasteiger partial charge in [0.15, 0.2) is 6.10 Å². The summed E-state index contributed by atoms with van der Waals surface area (Å²) in [6.07, 6.45) is -1.21. The lowest BCUT2D eigenvalue weighted by molar-refractivity contribution is -0.127. The molecule has 8 heteroatoms. The summed E-state index contributed by atoms with van der Waals surface area (Å²) < 4.78 is 15.1. The fourth-order valence-corrected chi connectivity index (χ4v) is 1.55. The van der Waals surface area contributed by atoms with Gasteiger partial charge in [0.25, 0.3) is 5.91 Å². The summed E-state index contributed by atoms with van der Waals surface area (Å²) in [7, 11) is 2.77. The van der Waals surface area contributed by atoms with Crippen molar-refractivity contribution in [2.24, 2.45) is 5.73 Å². The quantitative estimate of drug-likeness (QED) is 0.762. The van der Waals surface area contributed by atoms with Crippen LogP contribution in [0.1, 0.15) is 17.3 Å². The van der Waals surface area contributed by atoms with Gasteiger partial charge in [-0.15, -0.1) is 0 Å². The average Bonchev–Trinajstić information content (AvgIpc) is 2.45. The third kappa shape index (κ3) is 4.10. The Labute approximate surface area is 121 Å². The third-order valence-electron chi connectivity index (χ3n) is 2.53. The van der Waals surface area contributed by atoms with E-state index in [1.165, 1.54) is 21.1 Å². The number of nitrogens with two attached hydrogens (primary N) is 1. The van der Waals surface area contributed by atoms with Crippen LogP contribution in [0.5, 0.6) is 11.5 Å². The van der Waals surface area contributed by atoms with Crippen molar-refractivity contribution in [1.29, 1.82) is 0 Å². The van der Waals surface area contributed by atoms with Gasteiger partial charge in [0, 0.05) is 0 Å². The van der Waals surface area contributed by atoms with Crippen LogP contribution in [0.3, 0.4) is 0 Å². The summed E-state index contributed by atoms with van der Waals surface area (Å²) in [5.74, 6) is -1.18. The second-order valence-corrected chi connectivity index (χ2v) is 3.94. The molecule has 8 nitrogen and oxygen atoms in total. The minimum atomic E-state index is -1.21. The van der Waals surface area contributed by atoms with E-state index in [0.717, 1.165) is 0 Å². The van der Waals surface area contributed by atoms with E-state index < -0.39 is 24.0 Å². The lowest BCUT2D eigenvalue weighted by atomic mass is 10.1. The van der Waals surface area contributed by atoms with Gasteiger partial charge < -0.3 is 19.9 Å². The van der Waals surface area contributed by atoms with E-state index >= 15 is 0 Å². The van der Waals surface area contributed by atoms with Crippen LogP contribution in [0.15, 0.2) is 18.2 Å². The number of primary amides is 1. The molecule has 1 rings (SSSR count). The smallest absolute Gasteiger partial charge is 0.346 e. The first-order valence-electron chi connectivity index (χ1n) is 5.93. The number of amides is 3. The van der Waals surface area contributed by atoms with Gasteiger partial charge in [0.05, 0.1) is 14.2 Å². The zero-order valence-electron chi connectivity index (χ0n) is 11.8. The Morgan fingerprint density at radius 3 is 2.10 bits per heavy atom. The molecular weight excluding hydrogens is 280 g/mol. The molecule has 114 valence electrons. The van der Waals surface area contributed by atoms with E-state index in [-0.39, 0.29) is 17.1 Å². The molecule has 1 aromatic rings. The Morgan fingerprint density at radius 2 is 1.67 bits per heavy atom. The van der Waals surface area contributed by atoms with Crippen molar-refractivity contribution < 1.29 is 28.6 Å². The van der Waals surface area contributed by atoms with Gasteiger partial charge in [-0.2, -0.15) is 0 Å². The molecular formula is C13H16N2O6. The number of hydrogen-bond donors (Lipinski definition) is 2. The number of rotatable bonds is 5. The molecule has 0 spiro atoms. The van der Waals surface area contributed by atoms with Gasteiger partial charge in [-0.1, -0.05) is 6.07 Å². The highest BCUT2D eigenvalue weighted by Crippen LogP contribution is 2.29. The Hall–Kier alpha value is -2.77. The fraction of sp³-hybridized carbons (Fsp3) is 0.308. The summed E-state index contributed by atoms with van der Waals surface area (Å²) >= 11 is 0. The van der Waals surface area contributed by atoms with Crippen LogP contribution in [0.4, 0.5) is 4.79 Å². The van der Waals surface area contributed by atoms with E-state index in [4.69, 9.17) is 19.9 Å². The molecule has 0 bridgehead atoms. The fourth-order valence-electron chi connectivity index (χ4n) is 1.55. The molecule has 0 heterocycles. The number of methoxy groups -OCH3 is 2. The number of imide groups is 1. The highest BCUT2D eigenvalue weighted by atomic mass is 16.6. The molecule has 0 unspecified atom stereocenters. The topological polar surface area (TPSA) is 117 Å². The second-order valence-electron chi connectivity index (χ2n) is 3.94. The second kappa shape index (κ2) is 7.13. The van der Waals surface area contributed by atoms with Crippen molar-refractivity contribution in [2.45, 2.75) is 13.0 Å². The number of carbonyl (C=O) groups excluding carboxylic acids is 3. The number of ether oxygens (including phenoxy) is 3. The highest BCUT2D eigenvalue weighted by molar-refractivity contribution is 6.00. The minimum absolute atomic E-state index is 0.0428. The number of hydrogen-bond acceptors (Lipinski definition) is 6. The van der Waals surface area contributed by atoms with E-state index in [2.05, 4.69) is 0 Å². The van der Waals surface area contributed by atoms with Crippen LogP contribution in [-0.2, 0) is 9.53 Å². The van der Waals surface area contributed by atoms with Crippen LogP contribution in [0.25, 0.3) is 0 Å². The van der Waals surface area contributed by atoms with Crippen LogP contribution >= 0.6 is 0 Å². The standard InChI is InChI=1S/C13H16N2O6/c1-7(11(16)15-13(14)18)21-12(17)10-8(19-2)5-4-6-9(10)20-3/h4-7H,1-3H3,(H3,14,15,16,18)/t7-/m1/s1. The van der Waals surface area contributed by atoms with Gasteiger partial charge in [0.2, 0.25) is 0 Å². The van der Waals surface area contributed by atoms with Gasteiger partial charge in [-0.05, 0) is 19.1 Å². The van der Waals surface area contributed by atoms with Gasteiger partial charge >= 0.3 is 12.0 Å². The van der Waals surface area contributed by atoms with Gasteiger partial charge in [-0.3, -0.25) is 10.1 Å². The van der Waals surface area contributed by atoms with Gasteiger partial charge in [0.1, 0.15) is 17.1 Å². The maximum absolute atomic E-state index is 12.1. The molecule has 21 heavy (non-hydrogen) atoms. The average molecular weight is 296 g/mol. The first-order valence-corrected chi connectivity index (χ1v) is 5.93. The van der Waals surface area contributed by atoms with Crippen molar-refractivity contribution in [3.63, 3.8) is 0 Å². The van der Waals surface area contributed by atoms with Crippen molar-refractivity contribution in [3.8, 4) is 11.5 Å². The number of esters is 1. The maximum Gasteiger partial charge on any atom is 0.346 e. The van der Waals surface area contributed by atoms with Crippen LogP contribution < -0.4 is 20.5 Å². The molecule has 0 aromatic heterocycles. The van der Waals surface area contributed by atoms with Crippen molar-refractivity contribution >= 4 is 17.9 Å². The molecule has 1 atom stereocenters. The van der Waals surface area contributed by atoms with E-state index in [0.29, 0.717) is 0 Å². The predicted molar refractivity (Wildman–Crippen MR) is 72.1 cm³/mol. The lowest BCUT2D eigenvalue weighted by Gasteiger charge is -2.15.